The quantitative estimate of drug-likeness (QED) is 0.511. The molecule has 0 unspecified atom stereocenters. The summed E-state index contributed by atoms with van der Waals surface area (Å²) in [6.07, 6.45) is 0. The van der Waals surface area contributed by atoms with Crippen LogP contribution in [0.1, 0.15) is 11.1 Å². The fraction of sp³-hybridized carbons (Fsp3) is 0.0909. The monoisotopic (exact) mass is 404 g/mol. The molecule has 4 aromatic rings. The molecule has 0 radical (unpaired) electrons. The molecule has 3 aromatic carbocycles. The van der Waals surface area contributed by atoms with Crippen molar-refractivity contribution in [2.75, 3.05) is 5.32 Å². The number of primary sulfonamides is 1. The largest absolute Gasteiger partial charge is 0.350 e. The third-order valence-corrected chi connectivity index (χ3v) is 5.28. The van der Waals surface area contributed by atoms with E-state index >= 15 is 0 Å². The molecule has 146 valence electrons. The van der Waals surface area contributed by atoms with Crippen LogP contribution in [0.25, 0.3) is 22.2 Å². The number of hydrogen-bond acceptors (Lipinski definition) is 5. The summed E-state index contributed by atoms with van der Waals surface area (Å²) in [6, 6.07) is 25.1. The average molecular weight is 404 g/mol. The minimum Gasteiger partial charge on any atom is -0.350 e. The van der Waals surface area contributed by atoms with Gasteiger partial charge in [-0.15, -0.1) is 0 Å². The molecule has 0 amide bonds. The van der Waals surface area contributed by atoms with Crippen LogP contribution >= 0.6 is 0 Å². The molecule has 0 saturated heterocycles. The summed E-state index contributed by atoms with van der Waals surface area (Å²) in [7, 11) is -3.61. The maximum absolute atomic E-state index is 11.5. The molecular weight excluding hydrogens is 384 g/mol. The summed E-state index contributed by atoms with van der Waals surface area (Å²) in [5.41, 5.74) is 4.17. The molecule has 0 aliphatic rings. The van der Waals surface area contributed by atoms with Gasteiger partial charge in [-0.05, 0) is 17.2 Å². The van der Waals surface area contributed by atoms with E-state index in [1.807, 2.05) is 66.7 Å². The first-order chi connectivity index (χ1) is 14.0. The predicted molar refractivity (Wildman–Crippen MR) is 116 cm³/mol. The summed E-state index contributed by atoms with van der Waals surface area (Å²) < 4.78 is 23.0. The van der Waals surface area contributed by atoms with Crippen LogP contribution in [0, 0.1) is 0 Å². The SMILES string of the molecule is NS(=O)(=O)Cc1ccccc1CNc1nc(-c2ccccc2)c2ccccc2n1. The Morgan fingerprint density at radius 3 is 2.21 bits per heavy atom. The number of anilines is 1. The van der Waals surface area contributed by atoms with Crippen LogP contribution < -0.4 is 10.5 Å². The summed E-state index contributed by atoms with van der Waals surface area (Å²) >= 11 is 0. The Morgan fingerprint density at radius 2 is 1.45 bits per heavy atom. The third-order valence-electron chi connectivity index (χ3n) is 4.56. The summed E-state index contributed by atoms with van der Waals surface area (Å²) in [5.74, 6) is 0.270. The lowest BCUT2D eigenvalue weighted by Crippen LogP contribution is -2.16. The first-order valence-electron chi connectivity index (χ1n) is 9.13. The van der Waals surface area contributed by atoms with Crippen molar-refractivity contribution in [1.82, 2.24) is 9.97 Å². The lowest BCUT2D eigenvalue weighted by atomic mass is 10.1. The Morgan fingerprint density at radius 1 is 0.793 bits per heavy atom. The number of fused-ring (bicyclic) bond motifs is 1. The number of nitrogens with two attached hydrogens (primary N) is 1. The number of para-hydroxylation sites is 1. The topological polar surface area (TPSA) is 98.0 Å². The van der Waals surface area contributed by atoms with Crippen molar-refractivity contribution >= 4 is 26.9 Å². The summed E-state index contributed by atoms with van der Waals surface area (Å²) in [6.45, 7) is 0.387. The number of aromatic nitrogens is 2. The van der Waals surface area contributed by atoms with E-state index in [1.165, 1.54) is 0 Å². The van der Waals surface area contributed by atoms with Gasteiger partial charge in [0.1, 0.15) is 0 Å². The van der Waals surface area contributed by atoms with Gasteiger partial charge >= 0.3 is 0 Å². The van der Waals surface area contributed by atoms with Crippen LogP contribution in [-0.4, -0.2) is 18.4 Å². The van der Waals surface area contributed by atoms with Gasteiger partial charge in [-0.2, -0.15) is 0 Å². The zero-order valence-electron chi connectivity index (χ0n) is 15.6. The average Bonchev–Trinajstić information content (AvgIpc) is 2.72. The van der Waals surface area contributed by atoms with Gasteiger partial charge in [-0.25, -0.2) is 23.5 Å². The van der Waals surface area contributed by atoms with Crippen molar-refractivity contribution in [3.05, 3.63) is 90.0 Å². The van der Waals surface area contributed by atoms with Crippen molar-refractivity contribution < 1.29 is 8.42 Å². The fourth-order valence-electron chi connectivity index (χ4n) is 3.23. The van der Waals surface area contributed by atoms with Crippen LogP contribution in [0.4, 0.5) is 5.95 Å². The van der Waals surface area contributed by atoms with Crippen LogP contribution in [0.2, 0.25) is 0 Å². The van der Waals surface area contributed by atoms with E-state index in [0.29, 0.717) is 18.1 Å². The highest BCUT2D eigenvalue weighted by Gasteiger charge is 2.12. The van der Waals surface area contributed by atoms with E-state index < -0.39 is 10.0 Å². The molecule has 0 fully saturated rings. The molecule has 3 N–H and O–H groups in total. The van der Waals surface area contributed by atoms with E-state index in [4.69, 9.17) is 10.1 Å². The zero-order chi connectivity index (χ0) is 20.3. The van der Waals surface area contributed by atoms with E-state index in [9.17, 15) is 8.42 Å². The zero-order valence-corrected chi connectivity index (χ0v) is 16.4. The lowest BCUT2D eigenvalue weighted by molar-refractivity contribution is 0.597. The Bertz CT molecular complexity index is 1260. The summed E-state index contributed by atoms with van der Waals surface area (Å²) in [4.78, 5) is 9.34. The minimum atomic E-state index is -3.61. The van der Waals surface area contributed by atoms with Gasteiger partial charge in [-0.1, -0.05) is 72.8 Å². The van der Waals surface area contributed by atoms with Gasteiger partial charge in [0.2, 0.25) is 16.0 Å². The standard InChI is InChI=1S/C22H20N4O2S/c23-29(27,28)15-18-11-5-4-10-17(18)14-24-22-25-20-13-7-6-12-19(20)21(26-22)16-8-2-1-3-9-16/h1-13H,14-15H2,(H2,23,27,28)(H,24,25,26). The molecule has 0 spiro atoms. The molecule has 6 nitrogen and oxygen atoms in total. The number of benzene rings is 3. The van der Waals surface area contributed by atoms with Crippen molar-refractivity contribution in [3.8, 4) is 11.3 Å². The molecule has 0 bridgehead atoms. The number of nitrogens with one attached hydrogen (secondary N) is 1. The number of rotatable bonds is 6. The molecule has 0 aliphatic heterocycles. The molecule has 29 heavy (non-hydrogen) atoms. The lowest BCUT2D eigenvalue weighted by Gasteiger charge is -2.12. The molecule has 7 heteroatoms. The maximum Gasteiger partial charge on any atom is 0.224 e. The maximum atomic E-state index is 11.5. The van der Waals surface area contributed by atoms with E-state index in [1.54, 1.807) is 12.1 Å². The Labute approximate surface area is 169 Å². The van der Waals surface area contributed by atoms with E-state index in [2.05, 4.69) is 10.3 Å². The number of hydrogen-bond donors (Lipinski definition) is 2. The molecule has 0 aliphatic carbocycles. The van der Waals surface area contributed by atoms with Crippen LogP contribution in [0.3, 0.4) is 0 Å². The number of nitrogens with zero attached hydrogens (tertiary/aromatic N) is 2. The normalized spacial score (nSPS) is 11.5. The van der Waals surface area contributed by atoms with Gasteiger partial charge in [0.25, 0.3) is 0 Å². The molecule has 4 rings (SSSR count). The van der Waals surface area contributed by atoms with Crippen LogP contribution in [0.15, 0.2) is 78.9 Å². The van der Waals surface area contributed by atoms with Gasteiger partial charge in [-0.3, -0.25) is 0 Å². The van der Waals surface area contributed by atoms with Crippen LogP contribution in [-0.2, 0) is 22.3 Å². The second kappa shape index (κ2) is 7.98. The molecular formula is C22H20N4O2S. The number of sulfonamides is 1. The van der Waals surface area contributed by atoms with Crippen molar-refractivity contribution in [3.63, 3.8) is 0 Å². The van der Waals surface area contributed by atoms with E-state index in [0.717, 1.165) is 27.7 Å². The second-order valence-corrected chi connectivity index (χ2v) is 8.32. The van der Waals surface area contributed by atoms with Crippen molar-refractivity contribution in [2.24, 2.45) is 5.14 Å². The van der Waals surface area contributed by atoms with Crippen molar-refractivity contribution in [2.45, 2.75) is 12.3 Å². The van der Waals surface area contributed by atoms with Crippen LogP contribution in [0.5, 0.6) is 0 Å². The van der Waals surface area contributed by atoms with Gasteiger partial charge in [0.15, 0.2) is 0 Å². The van der Waals surface area contributed by atoms with Gasteiger partial charge in [0, 0.05) is 17.5 Å². The van der Waals surface area contributed by atoms with Gasteiger partial charge in [0.05, 0.1) is 17.0 Å². The highest BCUT2D eigenvalue weighted by molar-refractivity contribution is 7.88. The molecule has 0 saturated carbocycles. The fourth-order valence-corrected chi connectivity index (χ4v) is 3.95. The Balaban J connectivity index is 1.68. The smallest absolute Gasteiger partial charge is 0.224 e. The minimum absolute atomic E-state index is 0.210. The third kappa shape index (κ3) is 4.59. The van der Waals surface area contributed by atoms with Crippen molar-refractivity contribution in [1.29, 1.82) is 0 Å². The molecule has 0 atom stereocenters. The van der Waals surface area contributed by atoms with E-state index in [-0.39, 0.29) is 5.75 Å². The molecule has 1 aromatic heterocycles. The second-order valence-electron chi connectivity index (χ2n) is 6.71. The van der Waals surface area contributed by atoms with Gasteiger partial charge < -0.3 is 5.32 Å². The molecule has 1 heterocycles. The highest BCUT2D eigenvalue weighted by atomic mass is 32.2. The summed E-state index contributed by atoms with van der Waals surface area (Å²) in [5, 5.41) is 9.42. The first kappa shape index (κ1) is 19.0. The predicted octanol–water partition coefficient (Wildman–Crippen LogP) is 3.70. The Hall–Kier alpha value is -3.29. The Kier molecular flexibility index (Phi) is 5.24. The highest BCUT2D eigenvalue weighted by Crippen LogP contribution is 2.27. The first-order valence-corrected chi connectivity index (χ1v) is 10.8.